The average Bonchev–Trinajstić information content (AvgIpc) is 2.49. The molecule has 1 aromatic heterocycles. The number of amides is 1. The molecular weight excluding hydrogens is 328 g/mol. The lowest BCUT2D eigenvalue weighted by molar-refractivity contribution is -0.145. The van der Waals surface area contributed by atoms with Crippen LogP contribution >= 0.6 is 11.6 Å². The minimum absolute atomic E-state index is 0.0475. The Hall–Kier alpha value is -2.87. The molecule has 1 unspecified atom stereocenters. The number of hydrogen-bond acceptors (Lipinski definition) is 5. The molecule has 9 heteroatoms. The van der Waals surface area contributed by atoms with Crippen molar-refractivity contribution in [3.05, 3.63) is 35.1 Å². The van der Waals surface area contributed by atoms with Crippen LogP contribution in [0.4, 0.5) is 0 Å². The fourth-order valence-electron chi connectivity index (χ4n) is 1.97. The Morgan fingerprint density at radius 3 is 2.35 bits per heavy atom. The van der Waals surface area contributed by atoms with Gasteiger partial charge in [-0.2, -0.15) is 0 Å². The molecule has 0 aliphatic carbocycles. The molecule has 2 aromatic rings. The molecular formula is C14H11ClN2O6. The Bertz CT molecular complexity index is 807. The average molecular weight is 339 g/mol. The van der Waals surface area contributed by atoms with Gasteiger partial charge in [-0.3, -0.25) is 9.59 Å². The summed E-state index contributed by atoms with van der Waals surface area (Å²) in [6.45, 7) is 0. The number of halogens is 1. The second-order valence-corrected chi connectivity index (χ2v) is 4.97. The molecule has 120 valence electrons. The van der Waals surface area contributed by atoms with Crippen molar-refractivity contribution in [3.8, 4) is 5.75 Å². The second-order valence-electron chi connectivity index (χ2n) is 4.61. The zero-order chi connectivity index (χ0) is 17.1. The molecule has 0 bridgehead atoms. The van der Waals surface area contributed by atoms with Gasteiger partial charge in [-0.05, 0) is 0 Å². The fraction of sp³-hybridized carbons (Fsp3) is 0.143. The van der Waals surface area contributed by atoms with E-state index in [4.69, 9.17) is 21.8 Å². The van der Waals surface area contributed by atoms with Crippen molar-refractivity contribution in [2.45, 2.75) is 12.5 Å². The molecule has 0 radical (unpaired) electrons. The molecule has 1 atom stereocenters. The molecule has 2 rings (SSSR count). The van der Waals surface area contributed by atoms with E-state index in [1.807, 2.05) is 5.32 Å². The minimum atomic E-state index is -1.66. The van der Waals surface area contributed by atoms with E-state index in [2.05, 4.69) is 4.98 Å². The summed E-state index contributed by atoms with van der Waals surface area (Å²) in [6, 6.07) is 4.73. The fourth-order valence-corrected chi connectivity index (χ4v) is 2.22. The van der Waals surface area contributed by atoms with Crippen LogP contribution in [-0.4, -0.2) is 44.2 Å². The Labute approximate surface area is 134 Å². The smallest absolute Gasteiger partial charge is 0.326 e. The van der Waals surface area contributed by atoms with Crippen molar-refractivity contribution in [1.82, 2.24) is 10.3 Å². The third-order valence-electron chi connectivity index (χ3n) is 3.04. The van der Waals surface area contributed by atoms with Gasteiger partial charge in [0.15, 0.2) is 11.4 Å². The van der Waals surface area contributed by atoms with Gasteiger partial charge >= 0.3 is 11.9 Å². The number of fused-ring (bicyclic) bond motifs is 1. The highest BCUT2D eigenvalue weighted by Gasteiger charge is 2.26. The van der Waals surface area contributed by atoms with Gasteiger partial charge in [0.25, 0.3) is 5.91 Å². The molecule has 0 spiro atoms. The van der Waals surface area contributed by atoms with Gasteiger partial charge in [0.05, 0.1) is 6.42 Å². The number of carboxylic acids is 2. The number of pyridine rings is 1. The maximum atomic E-state index is 12.1. The number of aliphatic carboxylic acids is 2. The lowest BCUT2D eigenvalue weighted by Crippen LogP contribution is -2.42. The highest BCUT2D eigenvalue weighted by molar-refractivity contribution is 6.34. The number of carbonyl (C=O) groups is 3. The maximum Gasteiger partial charge on any atom is 0.326 e. The lowest BCUT2D eigenvalue weighted by atomic mass is 10.1. The zero-order valence-corrected chi connectivity index (χ0v) is 12.2. The summed E-state index contributed by atoms with van der Waals surface area (Å²) in [4.78, 5) is 37.5. The van der Waals surface area contributed by atoms with Crippen LogP contribution in [0.1, 0.15) is 16.9 Å². The van der Waals surface area contributed by atoms with Gasteiger partial charge in [0.1, 0.15) is 11.2 Å². The highest BCUT2D eigenvalue weighted by atomic mass is 35.5. The summed E-state index contributed by atoms with van der Waals surface area (Å²) in [5, 5.41) is 30.3. The largest absolute Gasteiger partial charge is 0.505 e. The van der Waals surface area contributed by atoms with Crippen LogP contribution in [0.25, 0.3) is 10.8 Å². The van der Waals surface area contributed by atoms with Gasteiger partial charge in [0.2, 0.25) is 0 Å². The number of nitrogens with one attached hydrogen (secondary N) is 1. The monoisotopic (exact) mass is 338 g/mol. The van der Waals surface area contributed by atoms with Gasteiger partial charge in [-0.25, -0.2) is 9.78 Å². The van der Waals surface area contributed by atoms with Crippen molar-refractivity contribution in [3.63, 3.8) is 0 Å². The van der Waals surface area contributed by atoms with E-state index in [0.717, 1.165) is 0 Å². The standard InChI is InChI=1S/C14H11ClN2O6/c15-12-7-4-2-1-3-6(7)11(20)10(17-12)13(21)16-8(14(22)23)5-9(18)19/h1-4,8,20H,5H2,(H,16,21)(H,18,19)(H,22,23). The summed E-state index contributed by atoms with van der Waals surface area (Å²) in [5.74, 6) is -4.43. The molecule has 0 fully saturated rings. The van der Waals surface area contributed by atoms with Crippen molar-refractivity contribution in [1.29, 1.82) is 0 Å². The third kappa shape index (κ3) is 3.49. The topological polar surface area (TPSA) is 137 Å². The third-order valence-corrected chi connectivity index (χ3v) is 3.32. The quantitative estimate of drug-likeness (QED) is 0.602. The van der Waals surface area contributed by atoms with E-state index in [9.17, 15) is 19.5 Å². The van der Waals surface area contributed by atoms with E-state index in [1.165, 1.54) is 6.07 Å². The molecule has 8 nitrogen and oxygen atoms in total. The SMILES string of the molecule is O=C(O)CC(NC(=O)c1nc(Cl)c2ccccc2c1O)C(=O)O. The molecule has 1 heterocycles. The van der Waals surface area contributed by atoms with E-state index < -0.39 is 41.8 Å². The summed E-state index contributed by atoms with van der Waals surface area (Å²) in [6.07, 6.45) is -0.816. The van der Waals surface area contributed by atoms with E-state index >= 15 is 0 Å². The van der Waals surface area contributed by atoms with Crippen molar-refractivity contribution in [2.24, 2.45) is 0 Å². The number of carbonyl (C=O) groups excluding carboxylic acids is 1. The van der Waals surface area contributed by atoms with Gasteiger partial charge in [-0.15, -0.1) is 0 Å². The predicted octanol–water partition coefficient (Wildman–Crippen LogP) is 1.25. The number of hydrogen-bond donors (Lipinski definition) is 4. The molecule has 1 amide bonds. The van der Waals surface area contributed by atoms with Crippen LogP contribution in [0.2, 0.25) is 5.15 Å². The molecule has 0 aliphatic heterocycles. The van der Waals surface area contributed by atoms with Crippen LogP contribution in [-0.2, 0) is 9.59 Å². The molecule has 0 saturated heterocycles. The summed E-state index contributed by atoms with van der Waals surface area (Å²) >= 11 is 5.95. The Morgan fingerprint density at radius 1 is 1.17 bits per heavy atom. The summed E-state index contributed by atoms with van der Waals surface area (Å²) < 4.78 is 0. The van der Waals surface area contributed by atoms with E-state index in [-0.39, 0.29) is 10.5 Å². The van der Waals surface area contributed by atoms with Gasteiger partial charge in [-0.1, -0.05) is 35.9 Å². The van der Waals surface area contributed by atoms with Crippen molar-refractivity contribution < 1.29 is 29.7 Å². The second kappa shape index (κ2) is 6.49. The van der Waals surface area contributed by atoms with Crippen molar-refractivity contribution >= 4 is 40.2 Å². The molecule has 23 heavy (non-hydrogen) atoms. The van der Waals surface area contributed by atoms with Gasteiger partial charge < -0.3 is 20.6 Å². The molecule has 0 aliphatic rings. The van der Waals surface area contributed by atoms with E-state index in [0.29, 0.717) is 5.39 Å². The number of aromatic hydroxyl groups is 1. The normalized spacial score (nSPS) is 11.9. The number of aromatic nitrogens is 1. The molecule has 4 N–H and O–H groups in total. The highest BCUT2D eigenvalue weighted by Crippen LogP contribution is 2.31. The Balaban J connectivity index is 2.39. The first-order chi connectivity index (χ1) is 10.8. The van der Waals surface area contributed by atoms with Crippen LogP contribution in [0.5, 0.6) is 5.75 Å². The van der Waals surface area contributed by atoms with Gasteiger partial charge in [0, 0.05) is 10.8 Å². The predicted molar refractivity (Wildman–Crippen MR) is 79.6 cm³/mol. The zero-order valence-electron chi connectivity index (χ0n) is 11.5. The van der Waals surface area contributed by atoms with Crippen LogP contribution in [0.3, 0.4) is 0 Å². The first-order valence-corrected chi connectivity index (χ1v) is 6.71. The van der Waals surface area contributed by atoms with Crippen molar-refractivity contribution in [2.75, 3.05) is 0 Å². The molecule has 1 aromatic carbocycles. The summed E-state index contributed by atoms with van der Waals surface area (Å²) in [7, 11) is 0. The molecule has 0 saturated carbocycles. The summed E-state index contributed by atoms with van der Waals surface area (Å²) in [5.41, 5.74) is -0.481. The number of carboxylic acid groups (broad SMARTS) is 2. The Morgan fingerprint density at radius 2 is 1.78 bits per heavy atom. The first-order valence-electron chi connectivity index (χ1n) is 6.34. The number of nitrogens with zero attached hydrogens (tertiary/aromatic N) is 1. The maximum absolute atomic E-state index is 12.1. The van der Waals surface area contributed by atoms with Crippen LogP contribution in [0, 0.1) is 0 Å². The van der Waals surface area contributed by atoms with Crippen LogP contribution < -0.4 is 5.32 Å². The van der Waals surface area contributed by atoms with E-state index in [1.54, 1.807) is 18.2 Å². The minimum Gasteiger partial charge on any atom is -0.505 e. The number of benzene rings is 1. The lowest BCUT2D eigenvalue weighted by Gasteiger charge is -2.13. The number of rotatable bonds is 5. The first kappa shape index (κ1) is 16.5. The Kier molecular flexibility index (Phi) is 4.65. The van der Waals surface area contributed by atoms with Crippen LogP contribution in [0.15, 0.2) is 24.3 Å².